The maximum Gasteiger partial charge on any atom is 0.228 e. The molecule has 2 aromatic carbocycles. The number of nitriles is 1. The number of carbonyl (C=O) groups excluding carboxylic acids is 1. The Kier molecular flexibility index (Phi) is 5.14. The zero-order valence-corrected chi connectivity index (χ0v) is 19.3. The van der Waals surface area contributed by atoms with Crippen LogP contribution in [-0.2, 0) is 16.0 Å². The number of nitrogens with zero attached hydrogens (tertiary/aromatic N) is 3. The number of carbonyl (C=O) groups is 1. The Labute approximate surface area is 201 Å². The largest absolute Gasteiger partial charge is 0.476 e. The van der Waals surface area contributed by atoms with E-state index in [0.29, 0.717) is 21.7 Å². The molecule has 1 aliphatic heterocycles. The lowest BCUT2D eigenvalue weighted by atomic mass is 9.71. The molecular weight excluding hydrogens is 454 g/mol. The van der Waals surface area contributed by atoms with Gasteiger partial charge in [0.25, 0.3) is 0 Å². The van der Waals surface area contributed by atoms with E-state index < -0.39 is 29.1 Å². The van der Waals surface area contributed by atoms with E-state index in [9.17, 15) is 20.3 Å². The number of pyridine rings is 1. The first-order chi connectivity index (χ1) is 16.3. The highest BCUT2D eigenvalue weighted by atomic mass is 35.5. The van der Waals surface area contributed by atoms with Crippen LogP contribution >= 0.6 is 11.6 Å². The summed E-state index contributed by atoms with van der Waals surface area (Å²) < 4.78 is 6.55. The van der Waals surface area contributed by atoms with E-state index in [0.717, 1.165) is 0 Å². The highest BCUT2D eigenvalue weighted by molar-refractivity contribution is 6.30. The van der Waals surface area contributed by atoms with Gasteiger partial charge in [-0.2, -0.15) is 5.26 Å². The van der Waals surface area contributed by atoms with E-state index in [1.165, 1.54) is 11.1 Å². The molecule has 172 valence electrons. The summed E-state index contributed by atoms with van der Waals surface area (Å²) in [5.74, 6) is -1.94. The average Bonchev–Trinajstić information content (AvgIpc) is 3.21. The molecule has 8 heteroatoms. The van der Waals surface area contributed by atoms with Crippen LogP contribution in [0.15, 0.2) is 66.9 Å². The van der Waals surface area contributed by atoms with Crippen LogP contribution in [0.2, 0.25) is 5.02 Å². The highest BCUT2D eigenvalue weighted by Crippen LogP contribution is 2.68. The summed E-state index contributed by atoms with van der Waals surface area (Å²) in [7, 11) is 3.22. The molecule has 5 atom stereocenters. The van der Waals surface area contributed by atoms with Gasteiger partial charge in [-0.05, 0) is 23.3 Å². The number of amides is 1. The van der Waals surface area contributed by atoms with Gasteiger partial charge in [0.05, 0.1) is 22.6 Å². The summed E-state index contributed by atoms with van der Waals surface area (Å²) in [4.78, 5) is 19.2. The summed E-state index contributed by atoms with van der Waals surface area (Å²) in [5, 5.41) is 33.7. The fourth-order valence-electron chi connectivity index (χ4n) is 5.50. The Morgan fingerprint density at radius 1 is 1.18 bits per heavy atom. The predicted molar refractivity (Wildman–Crippen MR) is 124 cm³/mol. The lowest BCUT2D eigenvalue weighted by Gasteiger charge is -2.40. The van der Waals surface area contributed by atoms with Gasteiger partial charge < -0.3 is 19.8 Å². The molecule has 0 radical (unpaired) electrons. The minimum atomic E-state index is -2.07. The topological polar surface area (TPSA) is 107 Å². The molecule has 1 fully saturated rings. The van der Waals surface area contributed by atoms with Crippen LogP contribution in [0.25, 0.3) is 0 Å². The van der Waals surface area contributed by atoms with Gasteiger partial charge in [-0.25, -0.2) is 0 Å². The minimum absolute atomic E-state index is 0.115. The molecule has 2 heterocycles. The van der Waals surface area contributed by atoms with Crippen LogP contribution < -0.4 is 4.74 Å². The first-order valence-corrected chi connectivity index (χ1v) is 11.2. The number of fused-ring (bicyclic) bond motifs is 3. The molecular formula is C26H22ClN3O4. The standard InChI is InChI=1S/C26H22ClN3O4/c1-30(2)24(32)20-21(16-6-4-3-5-7-16)26(17-10-8-15(13-28)9-11-17)25(33,23(20)31)22-19(34-26)12-18(27)14-29-22/h3-12,14,20-21,23,31,33H,1-2H3. The molecule has 7 nitrogen and oxygen atoms in total. The number of rotatable bonds is 3. The normalized spacial score (nSPS) is 29.0. The number of benzene rings is 2. The molecule has 3 aromatic rings. The summed E-state index contributed by atoms with van der Waals surface area (Å²) in [6, 6.07) is 19.4. The van der Waals surface area contributed by atoms with Crippen molar-refractivity contribution < 1.29 is 19.7 Å². The van der Waals surface area contributed by atoms with Gasteiger partial charge in [0.15, 0.2) is 11.2 Å². The second-order valence-electron chi connectivity index (χ2n) is 8.89. The smallest absolute Gasteiger partial charge is 0.228 e. The van der Waals surface area contributed by atoms with Gasteiger partial charge in [-0.1, -0.05) is 54.1 Å². The SMILES string of the molecule is CN(C)C(=O)C1C(O)C2(O)c3ncc(Cl)cc3OC2(c2ccc(C#N)cc2)C1c1ccccc1. The Balaban J connectivity index is 1.86. The summed E-state index contributed by atoms with van der Waals surface area (Å²) in [6.07, 6.45) is -0.166. The zero-order chi connectivity index (χ0) is 24.3. The molecule has 0 saturated heterocycles. The molecule has 1 aliphatic carbocycles. The van der Waals surface area contributed by atoms with Gasteiger partial charge in [0.1, 0.15) is 17.5 Å². The van der Waals surface area contributed by atoms with Crippen molar-refractivity contribution in [2.75, 3.05) is 14.1 Å². The third kappa shape index (κ3) is 2.83. The fourth-order valence-corrected chi connectivity index (χ4v) is 5.64. The molecule has 0 bridgehead atoms. The molecule has 0 spiro atoms. The molecule has 1 saturated carbocycles. The van der Waals surface area contributed by atoms with Crippen molar-refractivity contribution >= 4 is 17.5 Å². The Bertz CT molecular complexity index is 1310. The van der Waals surface area contributed by atoms with Crippen LogP contribution in [0.5, 0.6) is 5.75 Å². The van der Waals surface area contributed by atoms with E-state index in [-0.39, 0.29) is 17.4 Å². The molecule has 1 amide bonds. The second-order valence-corrected chi connectivity index (χ2v) is 9.32. The molecule has 2 aliphatic rings. The third-order valence-corrected chi connectivity index (χ3v) is 7.12. The monoisotopic (exact) mass is 475 g/mol. The first kappa shape index (κ1) is 22.4. The van der Waals surface area contributed by atoms with Gasteiger partial charge >= 0.3 is 0 Å². The third-order valence-electron chi connectivity index (χ3n) is 6.91. The number of aromatic nitrogens is 1. The average molecular weight is 476 g/mol. The maximum atomic E-state index is 13.5. The Hall–Kier alpha value is -3.44. The predicted octanol–water partition coefficient (Wildman–Crippen LogP) is 2.94. The van der Waals surface area contributed by atoms with E-state index >= 15 is 0 Å². The van der Waals surface area contributed by atoms with Crippen molar-refractivity contribution in [2.24, 2.45) is 5.92 Å². The lowest BCUT2D eigenvalue weighted by Crippen LogP contribution is -2.52. The number of hydrogen-bond donors (Lipinski definition) is 2. The van der Waals surface area contributed by atoms with Crippen LogP contribution in [-0.4, -0.2) is 46.2 Å². The van der Waals surface area contributed by atoms with Crippen LogP contribution in [0, 0.1) is 17.2 Å². The van der Waals surface area contributed by atoms with Crippen molar-refractivity contribution in [3.8, 4) is 11.8 Å². The fraction of sp³-hybridized carbons (Fsp3) is 0.269. The Morgan fingerprint density at radius 3 is 2.47 bits per heavy atom. The number of aliphatic hydroxyl groups excluding tert-OH is 1. The second kappa shape index (κ2) is 7.81. The van der Waals surface area contributed by atoms with E-state index in [1.807, 2.05) is 30.3 Å². The number of hydrogen-bond acceptors (Lipinski definition) is 6. The lowest BCUT2D eigenvalue weighted by molar-refractivity contribution is -0.157. The van der Waals surface area contributed by atoms with Crippen molar-refractivity contribution in [1.82, 2.24) is 9.88 Å². The summed E-state index contributed by atoms with van der Waals surface area (Å²) in [5.41, 5.74) is -1.93. The Morgan fingerprint density at radius 2 is 1.85 bits per heavy atom. The summed E-state index contributed by atoms with van der Waals surface area (Å²) >= 11 is 6.18. The van der Waals surface area contributed by atoms with Gasteiger partial charge in [0, 0.05) is 32.3 Å². The van der Waals surface area contributed by atoms with E-state index in [2.05, 4.69) is 11.1 Å². The van der Waals surface area contributed by atoms with Crippen molar-refractivity contribution in [2.45, 2.75) is 23.2 Å². The number of ether oxygens (including phenoxy) is 1. The maximum absolute atomic E-state index is 13.5. The molecule has 1 aromatic heterocycles. The van der Waals surface area contributed by atoms with Crippen LogP contribution in [0.1, 0.15) is 28.3 Å². The number of aliphatic hydroxyl groups is 2. The van der Waals surface area contributed by atoms with Crippen LogP contribution in [0.3, 0.4) is 0 Å². The quantitative estimate of drug-likeness (QED) is 0.603. The molecule has 34 heavy (non-hydrogen) atoms. The van der Waals surface area contributed by atoms with Crippen molar-refractivity contribution in [3.63, 3.8) is 0 Å². The van der Waals surface area contributed by atoms with Gasteiger partial charge in [-0.3, -0.25) is 9.78 Å². The minimum Gasteiger partial charge on any atom is -0.476 e. The molecule has 5 rings (SSSR count). The van der Waals surface area contributed by atoms with Crippen LogP contribution in [0.4, 0.5) is 0 Å². The van der Waals surface area contributed by atoms with Crippen molar-refractivity contribution in [3.05, 3.63) is 94.3 Å². The first-order valence-electron chi connectivity index (χ1n) is 10.8. The number of halogens is 1. The van der Waals surface area contributed by atoms with Gasteiger partial charge in [0.2, 0.25) is 5.91 Å². The summed E-state index contributed by atoms with van der Waals surface area (Å²) in [6.45, 7) is 0. The molecule has 5 unspecified atom stereocenters. The zero-order valence-electron chi connectivity index (χ0n) is 18.5. The van der Waals surface area contributed by atoms with E-state index in [4.69, 9.17) is 16.3 Å². The van der Waals surface area contributed by atoms with E-state index in [1.54, 1.807) is 44.4 Å². The van der Waals surface area contributed by atoms with Crippen molar-refractivity contribution in [1.29, 1.82) is 5.26 Å². The highest BCUT2D eigenvalue weighted by Gasteiger charge is 2.78. The van der Waals surface area contributed by atoms with Gasteiger partial charge in [-0.15, -0.1) is 0 Å². The molecule has 2 N–H and O–H groups in total.